The van der Waals surface area contributed by atoms with Gasteiger partial charge in [-0.1, -0.05) is 0 Å². The molecule has 1 aliphatic heterocycles. The van der Waals surface area contributed by atoms with Crippen molar-refractivity contribution >= 4 is 5.78 Å². The molecular weight excluding hydrogens is 212 g/mol. The third kappa shape index (κ3) is 2.11. The second-order valence-corrected chi connectivity index (χ2v) is 4.16. The minimum absolute atomic E-state index is 0.0684. The van der Waals surface area contributed by atoms with Gasteiger partial charge in [-0.2, -0.15) is 0 Å². The van der Waals surface area contributed by atoms with E-state index in [1.165, 1.54) is 0 Å². The van der Waals surface area contributed by atoms with Crippen LogP contribution >= 0.6 is 0 Å². The molecule has 2 unspecified atom stereocenters. The molecule has 1 aromatic carbocycles. The van der Waals surface area contributed by atoms with E-state index in [1.54, 1.807) is 0 Å². The van der Waals surface area contributed by atoms with Gasteiger partial charge in [0.15, 0.2) is 5.78 Å². The lowest BCUT2D eigenvalue weighted by Gasteiger charge is -2.13. The van der Waals surface area contributed by atoms with Crippen LogP contribution in [0.15, 0.2) is 18.2 Å². The first kappa shape index (κ1) is 11.2. The van der Waals surface area contributed by atoms with E-state index >= 15 is 0 Å². The molecule has 1 aliphatic rings. The minimum Gasteiger partial charge on any atom is -0.313 e. The first-order chi connectivity index (χ1) is 7.58. The molecular formula is C12H13F2NO. The zero-order valence-electron chi connectivity index (χ0n) is 8.97. The maximum absolute atomic E-state index is 13.0. The summed E-state index contributed by atoms with van der Waals surface area (Å²) >= 11 is 0. The fourth-order valence-corrected chi connectivity index (χ4v) is 2.13. The van der Waals surface area contributed by atoms with Crippen LogP contribution in [0.3, 0.4) is 0 Å². The standard InChI is InChI=1S/C12H13F2NO/c1-7-11(2-3-15-7)12(16)8-4-9(13)6-10(14)5-8/h4-7,11,15H,2-3H2,1H3. The molecule has 1 saturated heterocycles. The van der Waals surface area contributed by atoms with E-state index in [9.17, 15) is 13.6 Å². The van der Waals surface area contributed by atoms with Gasteiger partial charge in [-0.15, -0.1) is 0 Å². The number of Topliss-reactive ketones (excluding diaryl/α,β-unsaturated/α-hetero) is 1. The summed E-state index contributed by atoms with van der Waals surface area (Å²) in [6, 6.07) is 3.03. The number of carbonyl (C=O) groups excluding carboxylic acids is 1. The fourth-order valence-electron chi connectivity index (χ4n) is 2.13. The summed E-state index contributed by atoms with van der Waals surface area (Å²) in [5.41, 5.74) is 0.123. The van der Waals surface area contributed by atoms with Crippen molar-refractivity contribution in [1.29, 1.82) is 0 Å². The highest BCUT2D eigenvalue weighted by molar-refractivity contribution is 5.98. The number of rotatable bonds is 2. The maximum atomic E-state index is 13.0. The molecule has 0 radical (unpaired) electrons. The van der Waals surface area contributed by atoms with Crippen LogP contribution in [0.25, 0.3) is 0 Å². The van der Waals surface area contributed by atoms with Crippen molar-refractivity contribution in [3.8, 4) is 0 Å². The van der Waals surface area contributed by atoms with Crippen LogP contribution < -0.4 is 5.32 Å². The number of hydrogen-bond acceptors (Lipinski definition) is 2. The lowest BCUT2D eigenvalue weighted by atomic mass is 9.92. The van der Waals surface area contributed by atoms with Crippen LogP contribution in [0.4, 0.5) is 8.78 Å². The Morgan fingerprint density at radius 1 is 1.31 bits per heavy atom. The Morgan fingerprint density at radius 2 is 1.94 bits per heavy atom. The largest absolute Gasteiger partial charge is 0.313 e. The number of hydrogen-bond donors (Lipinski definition) is 1. The van der Waals surface area contributed by atoms with Gasteiger partial charge in [0.2, 0.25) is 0 Å². The van der Waals surface area contributed by atoms with E-state index in [4.69, 9.17) is 0 Å². The summed E-state index contributed by atoms with van der Waals surface area (Å²) in [7, 11) is 0. The molecule has 2 nitrogen and oxygen atoms in total. The van der Waals surface area contributed by atoms with Crippen molar-refractivity contribution in [3.63, 3.8) is 0 Å². The van der Waals surface area contributed by atoms with Crippen molar-refractivity contribution in [2.45, 2.75) is 19.4 Å². The molecule has 0 bridgehead atoms. The van der Waals surface area contributed by atoms with E-state index in [1.807, 2.05) is 6.92 Å². The highest BCUT2D eigenvalue weighted by atomic mass is 19.1. The van der Waals surface area contributed by atoms with Crippen molar-refractivity contribution in [3.05, 3.63) is 35.4 Å². The summed E-state index contributed by atoms with van der Waals surface area (Å²) < 4.78 is 25.9. The van der Waals surface area contributed by atoms with E-state index in [0.717, 1.165) is 31.2 Å². The number of ketones is 1. The van der Waals surface area contributed by atoms with Crippen LogP contribution in [-0.4, -0.2) is 18.4 Å². The van der Waals surface area contributed by atoms with Gasteiger partial charge in [0.1, 0.15) is 11.6 Å². The van der Waals surface area contributed by atoms with Crippen molar-refractivity contribution < 1.29 is 13.6 Å². The molecule has 0 saturated carbocycles. The van der Waals surface area contributed by atoms with E-state index in [-0.39, 0.29) is 23.3 Å². The maximum Gasteiger partial charge on any atom is 0.167 e. The van der Waals surface area contributed by atoms with E-state index in [2.05, 4.69) is 5.32 Å². The second-order valence-electron chi connectivity index (χ2n) is 4.16. The average molecular weight is 225 g/mol. The Kier molecular flexibility index (Phi) is 3.01. The van der Waals surface area contributed by atoms with Gasteiger partial charge in [-0.25, -0.2) is 8.78 Å². The van der Waals surface area contributed by atoms with E-state index in [0.29, 0.717) is 0 Å². The lowest BCUT2D eigenvalue weighted by molar-refractivity contribution is 0.0913. The molecule has 4 heteroatoms. The number of carbonyl (C=O) groups is 1. The first-order valence-electron chi connectivity index (χ1n) is 5.31. The molecule has 1 aromatic rings. The number of nitrogens with one attached hydrogen (secondary N) is 1. The van der Waals surface area contributed by atoms with E-state index < -0.39 is 11.6 Å². The molecule has 0 spiro atoms. The monoisotopic (exact) mass is 225 g/mol. The molecule has 2 rings (SSSR count). The predicted octanol–water partition coefficient (Wildman–Crippen LogP) is 2.15. The van der Waals surface area contributed by atoms with Gasteiger partial charge in [0.05, 0.1) is 0 Å². The van der Waals surface area contributed by atoms with Crippen LogP contribution in [0, 0.1) is 17.6 Å². The van der Waals surface area contributed by atoms with Gasteiger partial charge in [0.25, 0.3) is 0 Å². The van der Waals surface area contributed by atoms with Crippen molar-refractivity contribution in [1.82, 2.24) is 5.32 Å². The van der Waals surface area contributed by atoms with Crippen molar-refractivity contribution in [2.75, 3.05) is 6.54 Å². The Labute approximate surface area is 92.7 Å². The summed E-state index contributed by atoms with van der Waals surface area (Å²) in [5.74, 6) is -1.78. The zero-order chi connectivity index (χ0) is 11.7. The SMILES string of the molecule is CC1NCCC1C(=O)c1cc(F)cc(F)c1. The Balaban J connectivity index is 2.26. The molecule has 2 atom stereocenters. The van der Waals surface area contributed by atoms with Crippen LogP contribution in [0.5, 0.6) is 0 Å². The Morgan fingerprint density at radius 3 is 2.44 bits per heavy atom. The highest BCUT2D eigenvalue weighted by Gasteiger charge is 2.30. The molecule has 0 aliphatic carbocycles. The van der Waals surface area contributed by atoms with Gasteiger partial charge in [0, 0.05) is 23.6 Å². The van der Waals surface area contributed by atoms with Gasteiger partial charge in [-0.05, 0) is 32.0 Å². The summed E-state index contributed by atoms with van der Waals surface area (Å²) in [6.07, 6.45) is 0.720. The first-order valence-corrected chi connectivity index (χ1v) is 5.31. The third-order valence-electron chi connectivity index (χ3n) is 3.01. The predicted molar refractivity (Wildman–Crippen MR) is 56.3 cm³/mol. The smallest absolute Gasteiger partial charge is 0.167 e. The average Bonchev–Trinajstić information content (AvgIpc) is 2.62. The lowest BCUT2D eigenvalue weighted by Crippen LogP contribution is -2.28. The molecule has 1 N–H and O–H groups in total. The number of halogens is 2. The quantitative estimate of drug-likeness (QED) is 0.781. The zero-order valence-corrected chi connectivity index (χ0v) is 8.97. The summed E-state index contributed by atoms with van der Waals surface area (Å²) in [5, 5.41) is 3.14. The minimum atomic E-state index is -0.707. The molecule has 0 aromatic heterocycles. The molecule has 16 heavy (non-hydrogen) atoms. The normalized spacial score (nSPS) is 24.7. The van der Waals surface area contributed by atoms with Gasteiger partial charge < -0.3 is 5.32 Å². The van der Waals surface area contributed by atoms with Gasteiger partial charge >= 0.3 is 0 Å². The number of benzene rings is 1. The molecule has 1 heterocycles. The fraction of sp³-hybridized carbons (Fsp3) is 0.417. The molecule has 1 fully saturated rings. The second kappa shape index (κ2) is 4.29. The van der Waals surface area contributed by atoms with Gasteiger partial charge in [-0.3, -0.25) is 4.79 Å². The molecule has 0 amide bonds. The highest BCUT2D eigenvalue weighted by Crippen LogP contribution is 2.21. The molecule has 86 valence electrons. The van der Waals surface area contributed by atoms with Crippen LogP contribution in [0.1, 0.15) is 23.7 Å². The topological polar surface area (TPSA) is 29.1 Å². The summed E-state index contributed by atoms with van der Waals surface area (Å²) in [6.45, 7) is 2.68. The Bertz CT molecular complexity index is 399. The van der Waals surface area contributed by atoms with Crippen LogP contribution in [-0.2, 0) is 0 Å². The third-order valence-corrected chi connectivity index (χ3v) is 3.01. The Hall–Kier alpha value is -1.29. The summed E-state index contributed by atoms with van der Waals surface area (Å²) in [4.78, 5) is 12.0. The van der Waals surface area contributed by atoms with Crippen LogP contribution in [0.2, 0.25) is 0 Å². The van der Waals surface area contributed by atoms with Crippen molar-refractivity contribution in [2.24, 2.45) is 5.92 Å².